The van der Waals surface area contributed by atoms with Crippen LogP contribution >= 0.6 is 11.6 Å². The normalized spacial score (nSPS) is 10.6. The van der Waals surface area contributed by atoms with Crippen molar-refractivity contribution >= 4 is 17.4 Å². The number of hydrogen-bond donors (Lipinski definition) is 2. The van der Waals surface area contributed by atoms with E-state index < -0.39 is 0 Å². The number of aromatic amines is 1. The standard InChI is InChI=1S/C12H14ClN3O2/c1-17-6-7-3-8(13)4-10(18-2)11(7)9-5-15-16-12(9)14/h3-5H,6H2,1-2H3,(H3,14,15,16). The molecule has 1 aromatic heterocycles. The first kappa shape index (κ1) is 12.7. The van der Waals surface area contributed by atoms with Crippen LogP contribution in [0.15, 0.2) is 18.3 Å². The zero-order valence-electron chi connectivity index (χ0n) is 10.2. The van der Waals surface area contributed by atoms with Gasteiger partial charge in [0.25, 0.3) is 0 Å². The van der Waals surface area contributed by atoms with Crippen LogP contribution in [0.25, 0.3) is 11.1 Å². The molecule has 0 atom stereocenters. The molecule has 0 saturated carbocycles. The molecule has 2 rings (SSSR count). The second-order valence-electron chi connectivity index (χ2n) is 3.77. The summed E-state index contributed by atoms with van der Waals surface area (Å²) in [5.74, 6) is 1.12. The van der Waals surface area contributed by atoms with Gasteiger partial charge in [0.05, 0.1) is 19.9 Å². The number of nitrogens with one attached hydrogen (secondary N) is 1. The molecule has 0 unspecified atom stereocenters. The number of methoxy groups -OCH3 is 2. The van der Waals surface area contributed by atoms with E-state index in [0.717, 1.165) is 16.7 Å². The van der Waals surface area contributed by atoms with Gasteiger partial charge in [-0.2, -0.15) is 5.10 Å². The first-order chi connectivity index (χ1) is 8.67. The number of rotatable bonds is 4. The zero-order valence-corrected chi connectivity index (χ0v) is 10.9. The van der Waals surface area contributed by atoms with Crippen LogP contribution in [0.5, 0.6) is 5.75 Å². The van der Waals surface area contributed by atoms with Crippen molar-refractivity contribution in [2.45, 2.75) is 6.61 Å². The van der Waals surface area contributed by atoms with E-state index in [1.165, 1.54) is 0 Å². The van der Waals surface area contributed by atoms with Crippen LogP contribution < -0.4 is 10.5 Å². The van der Waals surface area contributed by atoms with Gasteiger partial charge >= 0.3 is 0 Å². The number of H-pyrrole nitrogens is 1. The summed E-state index contributed by atoms with van der Waals surface area (Å²) in [6.07, 6.45) is 1.65. The smallest absolute Gasteiger partial charge is 0.128 e. The number of halogens is 1. The number of nitrogens with zero attached hydrogens (tertiary/aromatic N) is 1. The Labute approximate surface area is 110 Å². The Kier molecular flexibility index (Phi) is 3.74. The molecule has 0 aliphatic rings. The minimum Gasteiger partial charge on any atom is -0.496 e. The lowest BCUT2D eigenvalue weighted by Crippen LogP contribution is -1.98. The topological polar surface area (TPSA) is 73.2 Å². The Bertz CT molecular complexity index is 554. The van der Waals surface area contributed by atoms with Crippen molar-refractivity contribution in [1.82, 2.24) is 10.2 Å². The van der Waals surface area contributed by atoms with Crippen LogP contribution in [0.4, 0.5) is 5.82 Å². The molecule has 0 aliphatic carbocycles. The number of ether oxygens (including phenoxy) is 2. The summed E-state index contributed by atoms with van der Waals surface area (Å²) in [5, 5.41) is 7.21. The largest absolute Gasteiger partial charge is 0.496 e. The number of aromatic nitrogens is 2. The third-order valence-electron chi connectivity index (χ3n) is 2.61. The maximum atomic E-state index is 6.05. The third-order valence-corrected chi connectivity index (χ3v) is 2.82. The molecule has 0 bridgehead atoms. The van der Waals surface area contributed by atoms with Crippen LogP contribution in [0.3, 0.4) is 0 Å². The predicted molar refractivity (Wildman–Crippen MR) is 70.7 cm³/mol. The highest BCUT2D eigenvalue weighted by Gasteiger charge is 2.16. The molecule has 6 heteroatoms. The van der Waals surface area contributed by atoms with Gasteiger partial charge in [-0.25, -0.2) is 0 Å². The van der Waals surface area contributed by atoms with Crippen molar-refractivity contribution in [3.63, 3.8) is 0 Å². The van der Waals surface area contributed by atoms with Gasteiger partial charge < -0.3 is 15.2 Å². The van der Waals surface area contributed by atoms with Crippen molar-refractivity contribution in [2.75, 3.05) is 20.0 Å². The van der Waals surface area contributed by atoms with Gasteiger partial charge in [0.2, 0.25) is 0 Å². The summed E-state index contributed by atoms with van der Waals surface area (Å²) in [6, 6.07) is 3.57. The lowest BCUT2D eigenvalue weighted by Gasteiger charge is -2.13. The van der Waals surface area contributed by atoms with Crippen molar-refractivity contribution in [3.8, 4) is 16.9 Å². The molecule has 0 radical (unpaired) electrons. The Morgan fingerprint density at radius 3 is 2.72 bits per heavy atom. The van der Waals surface area contributed by atoms with E-state index in [9.17, 15) is 0 Å². The molecule has 0 fully saturated rings. The van der Waals surface area contributed by atoms with E-state index in [-0.39, 0.29) is 0 Å². The Morgan fingerprint density at radius 1 is 1.39 bits per heavy atom. The second kappa shape index (κ2) is 5.29. The van der Waals surface area contributed by atoms with Crippen molar-refractivity contribution < 1.29 is 9.47 Å². The predicted octanol–water partition coefficient (Wildman–Crippen LogP) is 2.47. The van der Waals surface area contributed by atoms with Gasteiger partial charge in [0.15, 0.2) is 0 Å². The number of nitrogens with two attached hydrogens (primary N) is 1. The molecule has 0 amide bonds. The summed E-state index contributed by atoms with van der Waals surface area (Å²) < 4.78 is 10.5. The van der Waals surface area contributed by atoms with E-state index in [1.807, 2.05) is 6.07 Å². The summed E-state index contributed by atoms with van der Waals surface area (Å²) in [4.78, 5) is 0. The van der Waals surface area contributed by atoms with Gasteiger partial charge in [-0.05, 0) is 17.7 Å². The van der Waals surface area contributed by atoms with Gasteiger partial charge in [0, 0.05) is 23.3 Å². The number of benzene rings is 1. The summed E-state index contributed by atoms with van der Waals surface area (Å²) in [6.45, 7) is 0.414. The van der Waals surface area contributed by atoms with Crippen LogP contribution in [0, 0.1) is 0 Å². The highest BCUT2D eigenvalue weighted by Crippen LogP contribution is 2.38. The summed E-state index contributed by atoms with van der Waals surface area (Å²) in [5.41, 5.74) is 8.37. The van der Waals surface area contributed by atoms with E-state index in [1.54, 1.807) is 26.5 Å². The fourth-order valence-electron chi connectivity index (χ4n) is 1.87. The second-order valence-corrected chi connectivity index (χ2v) is 4.21. The molecule has 18 heavy (non-hydrogen) atoms. The number of nitrogen functional groups attached to an aromatic ring is 1. The van der Waals surface area contributed by atoms with Gasteiger partial charge in [-0.15, -0.1) is 0 Å². The molecule has 0 aliphatic heterocycles. The quantitative estimate of drug-likeness (QED) is 0.892. The molecule has 96 valence electrons. The molecular weight excluding hydrogens is 254 g/mol. The molecular formula is C12H14ClN3O2. The fraction of sp³-hybridized carbons (Fsp3) is 0.250. The molecule has 0 saturated heterocycles. The first-order valence-electron chi connectivity index (χ1n) is 5.32. The van der Waals surface area contributed by atoms with Crippen molar-refractivity contribution in [3.05, 3.63) is 28.9 Å². The fourth-order valence-corrected chi connectivity index (χ4v) is 2.10. The Hall–Kier alpha value is -1.72. The number of hydrogen-bond acceptors (Lipinski definition) is 4. The van der Waals surface area contributed by atoms with Crippen LogP contribution in [-0.4, -0.2) is 24.4 Å². The maximum Gasteiger partial charge on any atom is 0.128 e. The van der Waals surface area contributed by atoms with Crippen molar-refractivity contribution in [1.29, 1.82) is 0 Å². The monoisotopic (exact) mass is 267 g/mol. The minimum atomic E-state index is 0.414. The lowest BCUT2D eigenvalue weighted by molar-refractivity contribution is 0.185. The van der Waals surface area contributed by atoms with Gasteiger partial charge in [0.1, 0.15) is 11.6 Å². The van der Waals surface area contributed by atoms with Crippen LogP contribution in [-0.2, 0) is 11.3 Å². The van der Waals surface area contributed by atoms with E-state index >= 15 is 0 Å². The van der Waals surface area contributed by atoms with Crippen molar-refractivity contribution in [2.24, 2.45) is 0 Å². The van der Waals surface area contributed by atoms with E-state index in [0.29, 0.717) is 23.2 Å². The molecule has 3 N–H and O–H groups in total. The van der Waals surface area contributed by atoms with Crippen LogP contribution in [0.1, 0.15) is 5.56 Å². The molecule has 1 aromatic carbocycles. The number of anilines is 1. The van der Waals surface area contributed by atoms with E-state index in [2.05, 4.69) is 10.2 Å². The minimum absolute atomic E-state index is 0.414. The zero-order chi connectivity index (χ0) is 13.1. The summed E-state index contributed by atoms with van der Waals surface area (Å²) >= 11 is 6.05. The highest BCUT2D eigenvalue weighted by atomic mass is 35.5. The third kappa shape index (κ3) is 2.27. The first-order valence-corrected chi connectivity index (χ1v) is 5.69. The van der Waals surface area contributed by atoms with Gasteiger partial charge in [-0.3, -0.25) is 5.10 Å². The molecule has 2 aromatic rings. The molecule has 1 heterocycles. The maximum absolute atomic E-state index is 6.05. The van der Waals surface area contributed by atoms with E-state index in [4.69, 9.17) is 26.8 Å². The average molecular weight is 268 g/mol. The van der Waals surface area contributed by atoms with Crippen LogP contribution in [0.2, 0.25) is 5.02 Å². The Morgan fingerprint density at radius 2 is 2.17 bits per heavy atom. The SMILES string of the molecule is COCc1cc(Cl)cc(OC)c1-c1cn[nH]c1N. The molecule has 5 nitrogen and oxygen atoms in total. The highest BCUT2D eigenvalue weighted by molar-refractivity contribution is 6.31. The van der Waals surface area contributed by atoms with Gasteiger partial charge in [-0.1, -0.05) is 11.6 Å². The average Bonchev–Trinajstić information content (AvgIpc) is 2.75. The lowest BCUT2D eigenvalue weighted by atomic mass is 10.0. The summed E-state index contributed by atoms with van der Waals surface area (Å²) in [7, 11) is 3.21. The molecule has 0 spiro atoms. The Balaban J connectivity index is 2.66.